The van der Waals surface area contributed by atoms with Gasteiger partial charge in [0, 0.05) is 13.1 Å². The number of hydrogen-bond acceptors (Lipinski definition) is 2. The number of aryl methyl sites for hydroxylation is 1. The Bertz CT molecular complexity index is 394. The van der Waals surface area contributed by atoms with Gasteiger partial charge in [-0.2, -0.15) is 0 Å². The molecule has 2 nitrogen and oxygen atoms in total. The molecule has 1 fully saturated rings. The minimum Gasteiger partial charge on any atom is -0.319 e. The van der Waals surface area contributed by atoms with Gasteiger partial charge in [0.15, 0.2) is 0 Å². The van der Waals surface area contributed by atoms with E-state index in [1.54, 1.807) is 0 Å². The minimum atomic E-state index is 0.409. The van der Waals surface area contributed by atoms with Crippen molar-refractivity contribution in [3.8, 4) is 0 Å². The van der Waals surface area contributed by atoms with Crippen LogP contribution < -0.4 is 5.32 Å². The van der Waals surface area contributed by atoms with E-state index in [4.69, 9.17) is 0 Å². The summed E-state index contributed by atoms with van der Waals surface area (Å²) < 4.78 is 0. The highest BCUT2D eigenvalue weighted by Gasteiger charge is 2.34. The highest BCUT2D eigenvalue weighted by Crippen LogP contribution is 2.34. The van der Waals surface area contributed by atoms with Crippen LogP contribution in [0.3, 0.4) is 0 Å². The Hall–Kier alpha value is -0.860. The molecule has 1 aliphatic heterocycles. The summed E-state index contributed by atoms with van der Waals surface area (Å²) in [4.78, 5) is 2.61. The SMILES string of the molecule is CNCC1CCN(Cc2ccc(C)cc2)CC1(C)C. The van der Waals surface area contributed by atoms with Gasteiger partial charge >= 0.3 is 0 Å². The van der Waals surface area contributed by atoms with Gasteiger partial charge in [-0.05, 0) is 50.4 Å². The van der Waals surface area contributed by atoms with Gasteiger partial charge in [-0.15, -0.1) is 0 Å². The molecule has 2 heteroatoms. The van der Waals surface area contributed by atoms with Gasteiger partial charge in [-0.1, -0.05) is 43.7 Å². The third-order valence-electron chi connectivity index (χ3n) is 4.51. The number of nitrogens with one attached hydrogen (secondary N) is 1. The molecule has 0 amide bonds. The summed E-state index contributed by atoms with van der Waals surface area (Å²) in [6, 6.07) is 8.96. The topological polar surface area (TPSA) is 15.3 Å². The summed E-state index contributed by atoms with van der Waals surface area (Å²) in [6.07, 6.45) is 1.31. The molecule has 0 spiro atoms. The lowest BCUT2D eigenvalue weighted by molar-refractivity contribution is 0.0513. The smallest absolute Gasteiger partial charge is 0.0233 e. The average Bonchev–Trinajstić information content (AvgIpc) is 2.35. The van der Waals surface area contributed by atoms with Crippen molar-refractivity contribution < 1.29 is 0 Å². The van der Waals surface area contributed by atoms with Gasteiger partial charge in [-0.25, -0.2) is 0 Å². The molecule has 1 aromatic rings. The lowest BCUT2D eigenvalue weighted by atomic mass is 9.74. The number of likely N-dealkylation sites (tertiary alicyclic amines) is 1. The monoisotopic (exact) mass is 260 g/mol. The Morgan fingerprint density at radius 3 is 2.53 bits per heavy atom. The fourth-order valence-electron chi connectivity index (χ4n) is 3.23. The Balaban J connectivity index is 1.95. The third-order valence-corrected chi connectivity index (χ3v) is 4.51. The maximum atomic E-state index is 3.35. The molecule has 0 aliphatic carbocycles. The molecule has 1 heterocycles. The first-order valence-electron chi connectivity index (χ1n) is 7.44. The Morgan fingerprint density at radius 2 is 1.95 bits per heavy atom. The Kier molecular flexibility index (Phi) is 4.64. The molecule has 106 valence electrons. The maximum Gasteiger partial charge on any atom is 0.0233 e. The molecular weight excluding hydrogens is 232 g/mol. The van der Waals surface area contributed by atoms with Crippen LogP contribution in [0, 0.1) is 18.3 Å². The van der Waals surface area contributed by atoms with Crippen LogP contribution in [0.1, 0.15) is 31.4 Å². The van der Waals surface area contributed by atoms with Crippen molar-refractivity contribution in [2.24, 2.45) is 11.3 Å². The number of benzene rings is 1. The number of nitrogens with zero attached hydrogens (tertiary/aromatic N) is 1. The van der Waals surface area contributed by atoms with E-state index < -0.39 is 0 Å². The number of piperidine rings is 1. The molecule has 1 N–H and O–H groups in total. The van der Waals surface area contributed by atoms with Crippen LogP contribution in [0.4, 0.5) is 0 Å². The second-order valence-electron chi connectivity index (χ2n) is 6.73. The number of hydrogen-bond donors (Lipinski definition) is 1. The molecular formula is C17H28N2. The van der Waals surface area contributed by atoms with Gasteiger partial charge in [0.25, 0.3) is 0 Å². The van der Waals surface area contributed by atoms with Crippen molar-refractivity contribution in [2.75, 3.05) is 26.7 Å². The first-order chi connectivity index (χ1) is 9.01. The highest BCUT2D eigenvalue weighted by atomic mass is 15.1. The van der Waals surface area contributed by atoms with Crippen LogP contribution in [0.5, 0.6) is 0 Å². The summed E-state index contributed by atoms with van der Waals surface area (Å²) >= 11 is 0. The van der Waals surface area contributed by atoms with Crippen LogP contribution in [0.15, 0.2) is 24.3 Å². The Morgan fingerprint density at radius 1 is 1.26 bits per heavy atom. The average molecular weight is 260 g/mol. The van der Waals surface area contributed by atoms with E-state index in [1.165, 1.54) is 30.6 Å². The fourth-order valence-corrected chi connectivity index (χ4v) is 3.23. The Labute approximate surface area is 118 Å². The van der Waals surface area contributed by atoms with E-state index in [0.29, 0.717) is 5.41 Å². The first-order valence-corrected chi connectivity index (χ1v) is 7.44. The van der Waals surface area contributed by atoms with Crippen LogP contribution >= 0.6 is 0 Å². The van der Waals surface area contributed by atoms with Crippen LogP contribution in [0.25, 0.3) is 0 Å². The zero-order valence-electron chi connectivity index (χ0n) is 12.9. The van der Waals surface area contributed by atoms with E-state index in [2.05, 4.69) is 62.3 Å². The van der Waals surface area contributed by atoms with Crippen molar-refractivity contribution >= 4 is 0 Å². The zero-order valence-corrected chi connectivity index (χ0v) is 12.9. The molecule has 1 aliphatic rings. The molecule has 2 rings (SSSR count). The first kappa shape index (κ1) is 14.5. The second-order valence-corrected chi connectivity index (χ2v) is 6.73. The van der Waals surface area contributed by atoms with Gasteiger partial charge in [-0.3, -0.25) is 4.90 Å². The van der Waals surface area contributed by atoms with E-state index in [1.807, 2.05) is 0 Å². The molecule has 19 heavy (non-hydrogen) atoms. The minimum absolute atomic E-state index is 0.409. The lowest BCUT2D eigenvalue weighted by Crippen LogP contribution is -2.48. The standard InChI is InChI=1S/C17H28N2/c1-14-5-7-15(8-6-14)12-19-10-9-16(11-18-4)17(2,3)13-19/h5-8,16,18H,9-13H2,1-4H3. The predicted molar refractivity (Wildman–Crippen MR) is 82.3 cm³/mol. The normalized spacial score (nSPS) is 23.5. The van der Waals surface area contributed by atoms with Crippen LogP contribution in [-0.2, 0) is 6.54 Å². The van der Waals surface area contributed by atoms with E-state index >= 15 is 0 Å². The molecule has 1 atom stereocenters. The maximum absolute atomic E-state index is 3.35. The highest BCUT2D eigenvalue weighted by molar-refractivity contribution is 5.21. The van der Waals surface area contributed by atoms with Gasteiger partial charge < -0.3 is 5.32 Å². The van der Waals surface area contributed by atoms with E-state index in [-0.39, 0.29) is 0 Å². The van der Waals surface area contributed by atoms with Crippen molar-refractivity contribution in [1.29, 1.82) is 0 Å². The summed E-state index contributed by atoms with van der Waals surface area (Å²) in [7, 11) is 2.06. The molecule has 0 saturated carbocycles. The van der Waals surface area contributed by atoms with Crippen molar-refractivity contribution in [3.05, 3.63) is 35.4 Å². The largest absolute Gasteiger partial charge is 0.319 e. The third kappa shape index (κ3) is 3.80. The number of rotatable bonds is 4. The molecule has 0 bridgehead atoms. The summed E-state index contributed by atoms with van der Waals surface area (Å²) in [5.74, 6) is 0.798. The van der Waals surface area contributed by atoms with Gasteiger partial charge in [0.1, 0.15) is 0 Å². The van der Waals surface area contributed by atoms with E-state index in [9.17, 15) is 0 Å². The zero-order chi connectivity index (χ0) is 13.9. The van der Waals surface area contributed by atoms with Crippen LogP contribution in [0.2, 0.25) is 0 Å². The quantitative estimate of drug-likeness (QED) is 0.895. The summed E-state index contributed by atoms with van der Waals surface area (Å²) in [5.41, 5.74) is 3.19. The second kappa shape index (κ2) is 6.06. The predicted octanol–water partition coefficient (Wildman–Crippen LogP) is 3.06. The van der Waals surface area contributed by atoms with Crippen molar-refractivity contribution in [3.63, 3.8) is 0 Å². The molecule has 0 radical (unpaired) electrons. The van der Waals surface area contributed by atoms with Gasteiger partial charge in [0.2, 0.25) is 0 Å². The summed E-state index contributed by atoms with van der Waals surface area (Å²) in [6.45, 7) is 11.6. The lowest BCUT2D eigenvalue weighted by Gasteiger charge is -2.44. The molecule has 0 aromatic heterocycles. The van der Waals surface area contributed by atoms with E-state index in [0.717, 1.165) is 19.0 Å². The van der Waals surface area contributed by atoms with Gasteiger partial charge in [0.05, 0.1) is 0 Å². The van der Waals surface area contributed by atoms with Crippen LogP contribution in [-0.4, -0.2) is 31.6 Å². The molecule has 1 aromatic carbocycles. The molecule has 1 saturated heterocycles. The van der Waals surface area contributed by atoms with Crippen molar-refractivity contribution in [1.82, 2.24) is 10.2 Å². The van der Waals surface area contributed by atoms with Crippen molar-refractivity contribution in [2.45, 2.75) is 33.7 Å². The molecule has 1 unspecified atom stereocenters. The summed E-state index contributed by atoms with van der Waals surface area (Å²) in [5, 5.41) is 3.35. The fraction of sp³-hybridized carbons (Fsp3) is 0.647.